The van der Waals surface area contributed by atoms with E-state index in [2.05, 4.69) is 30.2 Å². The topological polar surface area (TPSA) is 97.0 Å². The zero-order chi connectivity index (χ0) is 17.8. The average Bonchev–Trinajstić information content (AvgIpc) is 3.01. The maximum atomic E-state index is 12.2. The van der Waals surface area contributed by atoms with Crippen molar-refractivity contribution in [3.05, 3.63) is 47.0 Å². The number of nitrogens with one attached hydrogen (secondary N) is 1. The van der Waals surface area contributed by atoms with Gasteiger partial charge in [-0.15, -0.1) is 0 Å². The van der Waals surface area contributed by atoms with Crippen LogP contribution in [0.5, 0.6) is 0 Å². The molecule has 2 amide bonds. The zero-order valence-electron chi connectivity index (χ0n) is 14.5. The molecule has 0 spiro atoms. The van der Waals surface area contributed by atoms with E-state index in [0.29, 0.717) is 30.5 Å². The molecule has 1 N–H and O–H groups in total. The van der Waals surface area contributed by atoms with Crippen molar-refractivity contribution in [2.24, 2.45) is 0 Å². The highest BCUT2D eigenvalue weighted by Gasteiger charge is 2.10. The van der Waals surface area contributed by atoms with Gasteiger partial charge in [-0.2, -0.15) is 0 Å². The summed E-state index contributed by atoms with van der Waals surface area (Å²) in [6.07, 6.45) is 0.596. The Kier molecular flexibility index (Phi) is 4.87. The van der Waals surface area contributed by atoms with Crippen molar-refractivity contribution in [1.29, 1.82) is 0 Å². The summed E-state index contributed by atoms with van der Waals surface area (Å²) in [6.45, 7) is 4.82. The van der Waals surface area contributed by atoms with Crippen LogP contribution in [0.25, 0.3) is 11.0 Å². The first-order valence-corrected chi connectivity index (χ1v) is 8.02. The lowest BCUT2D eigenvalue weighted by Gasteiger charge is -2.18. The third-order valence-electron chi connectivity index (χ3n) is 3.74. The van der Waals surface area contributed by atoms with Gasteiger partial charge in [0, 0.05) is 37.9 Å². The molecule has 0 unspecified atom stereocenters. The van der Waals surface area contributed by atoms with E-state index in [1.54, 1.807) is 11.9 Å². The second-order valence-electron chi connectivity index (χ2n) is 5.99. The molecule has 0 saturated carbocycles. The van der Waals surface area contributed by atoms with Crippen LogP contribution in [0.2, 0.25) is 0 Å². The van der Waals surface area contributed by atoms with Crippen molar-refractivity contribution in [3.8, 4) is 0 Å². The van der Waals surface area contributed by atoms with Crippen LogP contribution in [-0.4, -0.2) is 44.8 Å². The number of aromatic nitrogens is 4. The van der Waals surface area contributed by atoms with Crippen molar-refractivity contribution in [3.63, 3.8) is 0 Å². The largest absolute Gasteiger partial charge is 0.338 e. The number of urea groups is 1. The molecule has 3 aromatic rings. The number of aryl methyl sites for hydroxylation is 2. The summed E-state index contributed by atoms with van der Waals surface area (Å²) < 4.78 is 4.68. The Morgan fingerprint density at radius 2 is 1.84 bits per heavy atom. The summed E-state index contributed by atoms with van der Waals surface area (Å²) in [6, 6.07) is 7.36. The molecule has 130 valence electrons. The standard InChI is InChI=1S/C17H20N6O2/c1-11-8-12(2)20-16(19-11)6-7-18-17(24)23(3)10-13-4-5-14-15(9-13)22-25-21-14/h4-5,8-9H,6-7,10H2,1-3H3,(H,18,24). The molecular weight excluding hydrogens is 320 g/mol. The minimum atomic E-state index is -0.150. The van der Waals surface area contributed by atoms with Crippen LogP contribution < -0.4 is 5.32 Å². The Morgan fingerprint density at radius 3 is 2.60 bits per heavy atom. The quantitative estimate of drug-likeness (QED) is 0.763. The van der Waals surface area contributed by atoms with Crippen LogP contribution in [0.1, 0.15) is 22.8 Å². The van der Waals surface area contributed by atoms with E-state index in [9.17, 15) is 4.79 Å². The number of rotatable bonds is 5. The molecule has 2 heterocycles. The minimum absolute atomic E-state index is 0.150. The predicted octanol–water partition coefficient (Wildman–Crippen LogP) is 2.01. The van der Waals surface area contributed by atoms with Gasteiger partial charge >= 0.3 is 6.03 Å². The van der Waals surface area contributed by atoms with Crippen molar-refractivity contribution in [2.75, 3.05) is 13.6 Å². The fraction of sp³-hybridized carbons (Fsp3) is 0.353. The molecule has 0 fully saturated rings. The second kappa shape index (κ2) is 7.25. The molecular formula is C17H20N6O2. The van der Waals surface area contributed by atoms with E-state index in [1.165, 1.54) is 0 Å². The van der Waals surface area contributed by atoms with Crippen LogP contribution in [0, 0.1) is 13.8 Å². The lowest BCUT2D eigenvalue weighted by molar-refractivity contribution is 0.207. The Labute approximate surface area is 145 Å². The van der Waals surface area contributed by atoms with Crippen LogP contribution >= 0.6 is 0 Å². The van der Waals surface area contributed by atoms with Gasteiger partial charge in [0.2, 0.25) is 0 Å². The number of carbonyl (C=O) groups is 1. The minimum Gasteiger partial charge on any atom is -0.338 e. The first kappa shape index (κ1) is 16.8. The highest BCUT2D eigenvalue weighted by atomic mass is 16.6. The lowest BCUT2D eigenvalue weighted by Crippen LogP contribution is -2.37. The highest BCUT2D eigenvalue weighted by Crippen LogP contribution is 2.13. The van der Waals surface area contributed by atoms with Gasteiger partial charge in [0.15, 0.2) is 0 Å². The van der Waals surface area contributed by atoms with Crippen molar-refractivity contribution in [2.45, 2.75) is 26.8 Å². The summed E-state index contributed by atoms with van der Waals surface area (Å²) in [5.41, 5.74) is 4.20. The van der Waals surface area contributed by atoms with Gasteiger partial charge < -0.3 is 10.2 Å². The Bertz CT molecular complexity index is 871. The number of nitrogens with zero attached hydrogens (tertiary/aromatic N) is 5. The van der Waals surface area contributed by atoms with Gasteiger partial charge in [-0.1, -0.05) is 6.07 Å². The first-order valence-electron chi connectivity index (χ1n) is 8.02. The predicted molar refractivity (Wildman–Crippen MR) is 91.9 cm³/mol. The number of hydrogen-bond acceptors (Lipinski definition) is 6. The van der Waals surface area contributed by atoms with E-state index in [1.807, 2.05) is 38.1 Å². The molecule has 25 heavy (non-hydrogen) atoms. The van der Waals surface area contributed by atoms with Crippen LogP contribution in [0.15, 0.2) is 28.9 Å². The first-order chi connectivity index (χ1) is 12.0. The van der Waals surface area contributed by atoms with E-state index < -0.39 is 0 Å². The number of hydrogen-bond donors (Lipinski definition) is 1. The molecule has 2 aromatic heterocycles. The lowest BCUT2D eigenvalue weighted by atomic mass is 10.2. The number of carbonyl (C=O) groups excluding carboxylic acids is 1. The van der Waals surface area contributed by atoms with Gasteiger partial charge in [0.05, 0.1) is 0 Å². The van der Waals surface area contributed by atoms with Crippen LogP contribution in [-0.2, 0) is 13.0 Å². The van der Waals surface area contributed by atoms with Gasteiger partial charge in [-0.3, -0.25) is 0 Å². The molecule has 0 aliphatic rings. The molecule has 0 aliphatic carbocycles. The molecule has 1 aromatic carbocycles. The van der Waals surface area contributed by atoms with Gasteiger partial charge in [-0.05, 0) is 47.9 Å². The normalized spacial score (nSPS) is 10.8. The van der Waals surface area contributed by atoms with Gasteiger partial charge in [0.1, 0.15) is 16.9 Å². The third kappa shape index (κ3) is 4.28. The third-order valence-corrected chi connectivity index (χ3v) is 3.74. The molecule has 0 aliphatic heterocycles. The number of amides is 2. The maximum Gasteiger partial charge on any atom is 0.317 e. The SMILES string of the molecule is Cc1cc(C)nc(CCNC(=O)N(C)Cc2ccc3nonc3c2)n1. The molecule has 0 saturated heterocycles. The van der Waals surface area contributed by atoms with E-state index in [0.717, 1.165) is 22.8 Å². The van der Waals surface area contributed by atoms with Crippen LogP contribution in [0.3, 0.4) is 0 Å². The molecule has 3 rings (SSSR count). The molecule has 8 heteroatoms. The van der Waals surface area contributed by atoms with Crippen LogP contribution in [0.4, 0.5) is 4.79 Å². The smallest absolute Gasteiger partial charge is 0.317 e. The zero-order valence-corrected chi connectivity index (χ0v) is 14.5. The second-order valence-corrected chi connectivity index (χ2v) is 5.99. The van der Waals surface area contributed by atoms with Crippen molar-refractivity contribution < 1.29 is 9.42 Å². The fourth-order valence-corrected chi connectivity index (χ4v) is 2.60. The summed E-state index contributed by atoms with van der Waals surface area (Å²) in [7, 11) is 1.74. The number of benzene rings is 1. The molecule has 8 nitrogen and oxygen atoms in total. The summed E-state index contributed by atoms with van der Waals surface area (Å²) in [4.78, 5) is 22.6. The van der Waals surface area contributed by atoms with Crippen molar-refractivity contribution >= 4 is 17.1 Å². The number of fused-ring (bicyclic) bond motifs is 1. The molecule has 0 atom stereocenters. The molecule has 0 radical (unpaired) electrons. The Morgan fingerprint density at radius 1 is 1.12 bits per heavy atom. The summed E-state index contributed by atoms with van der Waals surface area (Å²) in [5.74, 6) is 0.740. The highest BCUT2D eigenvalue weighted by molar-refractivity contribution is 5.75. The monoisotopic (exact) mass is 340 g/mol. The van der Waals surface area contributed by atoms with E-state index >= 15 is 0 Å². The Balaban J connectivity index is 1.51. The van der Waals surface area contributed by atoms with E-state index in [4.69, 9.17) is 0 Å². The van der Waals surface area contributed by atoms with E-state index in [-0.39, 0.29) is 6.03 Å². The molecule has 0 bridgehead atoms. The maximum absolute atomic E-state index is 12.2. The van der Waals surface area contributed by atoms with Crippen molar-refractivity contribution in [1.82, 2.24) is 30.5 Å². The average molecular weight is 340 g/mol. The Hall–Kier alpha value is -3.03. The summed E-state index contributed by atoms with van der Waals surface area (Å²) in [5, 5.41) is 10.5. The fourth-order valence-electron chi connectivity index (χ4n) is 2.60. The van der Waals surface area contributed by atoms with Gasteiger partial charge in [-0.25, -0.2) is 19.4 Å². The van der Waals surface area contributed by atoms with Gasteiger partial charge in [0.25, 0.3) is 0 Å². The summed E-state index contributed by atoms with van der Waals surface area (Å²) >= 11 is 0.